The number of hydrogen-bond acceptors (Lipinski definition) is 1. The number of benzene rings is 1. The van der Waals surface area contributed by atoms with E-state index in [2.05, 4.69) is 86.8 Å². The van der Waals surface area contributed by atoms with E-state index in [0.29, 0.717) is 8.59 Å². The molecule has 18 heavy (non-hydrogen) atoms. The molecule has 2 atom stereocenters. The molecule has 0 saturated heterocycles. The van der Waals surface area contributed by atoms with E-state index in [0.717, 1.165) is 0 Å². The van der Waals surface area contributed by atoms with Gasteiger partial charge in [-0.25, -0.2) is 0 Å². The lowest BCUT2D eigenvalue weighted by molar-refractivity contribution is 0.116. The third-order valence-corrected chi connectivity index (χ3v) is 15.1. The van der Waals surface area contributed by atoms with Crippen LogP contribution in [0.15, 0.2) is 30.3 Å². The highest BCUT2D eigenvalue weighted by Crippen LogP contribution is 2.45. The summed E-state index contributed by atoms with van der Waals surface area (Å²) in [5.74, 6) is 0. The van der Waals surface area contributed by atoms with E-state index in [1.165, 1.54) is 5.56 Å². The molecule has 0 unspecified atom stereocenters. The van der Waals surface area contributed by atoms with Crippen molar-refractivity contribution in [1.29, 1.82) is 0 Å². The van der Waals surface area contributed by atoms with Crippen molar-refractivity contribution in [2.24, 2.45) is 0 Å². The summed E-state index contributed by atoms with van der Waals surface area (Å²) in [7, 11) is 0.416. The number of methoxy groups -OCH3 is 1. The maximum Gasteiger partial charge on any atom is 0.0914 e. The first-order valence-electron chi connectivity index (χ1n) is 6.43. The molecule has 0 bridgehead atoms. The Hall–Kier alpha value is 0.127. The lowest BCUT2D eigenvalue weighted by Crippen LogP contribution is -2.49. The summed E-state index contributed by atoms with van der Waals surface area (Å²) in [6.45, 7) is 12.0. The molecule has 0 aliphatic carbocycles. The highest BCUT2D eigenvalue weighted by molar-refractivity contribution is 14.1. The standard InChI is InChI=1S/C15H25IOSi/c1-15(2,3)18(5,6)14(16)13(17-4)12-10-8-7-9-11-12/h7-11,13-14H,1-6H3/t13-,14-/m1/s1. The molecule has 0 fully saturated rings. The Morgan fingerprint density at radius 3 is 2.00 bits per heavy atom. The maximum absolute atomic E-state index is 5.81. The molecule has 1 nitrogen and oxygen atoms in total. The van der Waals surface area contributed by atoms with Crippen LogP contribution in [-0.2, 0) is 4.74 Å². The molecule has 0 saturated carbocycles. The summed E-state index contributed by atoms with van der Waals surface area (Å²) < 4.78 is 6.36. The van der Waals surface area contributed by atoms with Crippen molar-refractivity contribution in [1.82, 2.24) is 0 Å². The molecule has 0 spiro atoms. The summed E-state index contributed by atoms with van der Waals surface area (Å²) in [4.78, 5) is 0. The normalized spacial score (nSPS) is 16.4. The van der Waals surface area contributed by atoms with E-state index in [1.807, 2.05) is 7.11 Å². The fourth-order valence-corrected chi connectivity index (χ4v) is 7.28. The zero-order valence-electron chi connectivity index (χ0n) is 12.3. The summed E-state index contributed by atoms with van der Waals surface area (Å²) in [5.41, 5.74) is 1.30. The Labute approximate surface area is 126 Å². The minimum absolute atomic E-state index is 0.202. The van der Waals surface area contributed by atoms with Gasteiger partial charge in [0, 0.05) is 10.7 Å². The molecule has 0 amide bonds. The van der Waals surface area contributed by atoms with E-state index in [-0.39, 0.29) is 6.10 Å². The lowest BCUT2D eigenvalue weighted by atomic mass is 10.1. The maximum atomic E-state index is 5.81. The zero-order chi connectivity index (χ0) is 14.0. The molecule has 0 aromatic heterocycles. The van der Waals surface area contributed by atoms with E-state index in [9.17, 15) is 0 Å². The molecule has 102 valence electrons. The quantitative estimate of drug-likeness (QED) is 0.397. The monoisotopic (exact) mass is 376 g/mol. The highest BCUT2D eigenvalue weighted by atomic mass is 127. The molecular weight excluding hydrogens is 351 g/mol. The molecule has 1 rings (SSSR count). The number of halogens is 1. The second-order valence-corrected chi connectivity index (χ2v) is 14.5. The molecule has 0 heterocycles. The number of hydrogen-bond donors (Lipinski definition) is 0. The van der Waals surface area contributed by atoms with Crippen LogP contribution in [0, 0.1) is 0 Å². The minimum atomic E-state index is -1.41. The average Bonchev–Trinajstić information content (AvgIpc) is 2.29. The summed E-state index contributed by atoms with van der Waals surface area (Å²) in [5, 5.41) is 0.379. The first-order valence-corrected chi connectivity index (χ1v) is 10.8. The van der Waals surface area contributed by atoms with Gasteiger partial charge in [-0.2, -0.15) is 0 Å². The van der Waals surface area contributed by atoms with Crippen molar-refractivity contribution in [2.45, 2.75) is 48.6 Å². The Morgan fingerprint density at radius 1 is 1.11 bits per heavy atom. The van der Waals surface area contributed by atoms with Crippen LogP contribution in [0.4, 0.5) is 0 Å². The van der Waals surface area contributed by atoms with Gasteiger partial charge < -0.3 is 4.74 Å². The third kappa shape index (κ3) is 3.36. The Balaban J connectivity index is 3.04. The number of alkyl halides is 1. The van der Waals surface area contributed by atoms with Gasteiger partial charge in [-0.1, -0.05) is 86.8 Å². The molecular formula is C15H25IOSi. The first-order chi connectivity index (χ1) is 8.21. The van der Waals surface area contributed by atoms with Crippen molar-refractivity contribution in [3.8, 4) is 0 Å². The van der Waals surface area contributed by atoms with Crippen molar-refractivity contribution in [3.63, 3.8) is 0 Å². The minimum Gasteiger partial charge on any atom is -0.376 e. The predicted molar refractivity (Wildman–Crippen MR) is 91.2 cm³/mol. The summed E-state index contributed by atoms with van der Waals surface area (Å²) in [6, 6.07) is 10.6. The van der Waals surface area contributed by atoms with E-state index in [1.54, 1.807) is 0 Å². The van der Waals surface area contributed by atoms with Gasteiger partial charge in [0.15, 0.2) is 0 Å². The van der Waals surface area contributed by atoms with Gasteiger partial charge in [0.25, 0.3) is 0 Å². The van der Waals surface area contributed by atoms with E-state index < -0.39 is 8.07 Å². The summed E-state index contributed by atoms with van der Waals surface area (Å²) >= 11 is 2.61. The van der Waals surface area contributed by atoms with Crippen LogP contribution in [0.25, 0.3) is 0 Å². The van der Waals surface area contributed by atoms with Crippen LogP contribution in [0.5, 0.6) is 0 Å². The second kappa shape index (κ2) is 6.05. The first kappa shape index (κ1) is 16.2. The van der Waals surface area contributed by atoms with Crippen LogP contribution < -0.4 is 0 Å². The van der Waals surface area contributed by atoms with Gasteiger partial charge in [-0.3, -0.25) is 0 Å². The van der Waals surface area contributed by atoms with Crippen LogP contribution in [0.1, 0.15) is 32.4 Å². The Morgan fingerprint density at radius 2 is 1.61 bits per heavy atom. The second-order valence-electron chi connectivity index (χ2n) is 6.44. The third-order valence-electron chi connectivity index (χ3n) is 4.27. The van der Waals surface area contributed by atoms with Gasteiger partial charge >= 0.3 is 0 Å². The molecule has 1 aromatic rings. The summed E-state index contributed by atoms with van der Waals surface area (Å²) in [6.07, 6.45) is 0.202. The van der Waals surface area contributed by atoms with Crippen LogP contribution in [-0.4, -0.2) is 18.7 Å². The van der Waals surface area contributed by atoms with E-state index >= 15 is 0 Å². The fourth-order valence-electron chi connectivity index (χ4n) is 1.86. The average molecular weight is 376 g/mol. The molecule has 1 aromatic carbocycles. The van der Waals surface area contributed by atoms with Gasteiger partial charge in [-0.05, 0) is 10.6 Å². The largest absolute Gasteiger partial charge is 0.376 e. The highest BCUT2D eigenvalue weighted by Gasteiger charge is 2.44. The van der Waals surface area contributed by atoms with Crippen molar-refractivity contribution >= 4 is 30.7 Å². The van der Waals surface area contributed by atoms with Gasteiger partial charge in [0.1, 0.15) is 0 Å². The van der Waals surface area contributed by atoms with Crippen LogP contribution >= 0.6 is 22.6 Å². The lowest BCUT2D eigenvalue weighted by Gasteiger charge is -2.43. The van der Waals surface area contributed by atoms with Crippen molar-refractivity contribution in [2.75, 3.05) is 7.11 Å². The zero-order valence-corrected chi connectivity index (χ0v) is 15.5. The topological polar surface area (TPSA) is 9.23 Å². The van der Waals surface area contributed by atoms with Crippen molar-refractivity contribution < 1.29 is 4.74 Å². The number of rotatable bonds is 4. The predicted octanol–water partition coefficient (Wildman–Crippen LogP) is 5.23. The molecule has 0 aliphatic rings. The van der Waals surface area contributed by atoms with E-state index in [4.69, 9.17) is 4.74 Å². The smallest absolute Gasteiger partial charge is 0.0914 e. The van der Waals surface area contributed by atoms with Gasteiger partial charge in [0.05, 0.1) is 14.2 Å². The fraction of sp³-hybridized carbons (Fsp3) is 0.600. The Kier molecular flexibility index (Phi) is 5.44. The molecule has 0 aliphatic heterocycles. The Bertz CT molecular complexity index is 370. The van der Waals surface area contributed by atoms with Crippen molar-refractivity contribution in [3.05, 3.63) is 35.9 Å². The van der Waals surface area contributed by atoms with Crippen LogP contribution in [0.2, 0.25) is 18.1 Å². The SMILES string of the molecule is CO[C@H](c1ccccc1)[C@H](I)[Si](C)(C)C(C)(C)C. The molecule has 0 N–H and O–H groups in total. The van der Waals surface area contributed by atoms with Gasteiger partial charge in [0.2, 0.25) is 0 Å². The van der Waals surface area contributed by atoms with Crippen LogP contribution in [0.3, 0.4) is 0 Å². The molecule has 0 radical (unpaired) electrons. The number of ether oxygens (including phenoxy) is 1. The van der Waals surface area contributed by atoms with Gasteiger partial charge in [-0.15, -0.1) is 0 Å². The molecule has 3 heteroatoms.